The number of carbonyl (C=O) groups excluding carboxylic acids is 2. The minimum Gasteiger partial charge on any atom is -0.461 e. The van der Waals surface area contributed by atoms with Crippen LogP contribution in [-0.4, -0.2) is 41.5 Å². The van der Waals surface area contributed by atoms with Gasteiger partial charge in [0.1, 0.15) is 5.82 Å². The molecule has 1 aliphatic heterocycles. The molecule has 7 nitrogen and oxygen atoms in total. The molecule has 0 unspecified atom stereocenters. The van der Waals surface area contributed by atoms with Crippen LogP contribution in [0.2, 0.25) is 5.02 Å². The van der Waals surface area contributed by atoms with Crippen molar-refractivity contribution in [3.63, 3.8) is 0 Å². The molecular formula is C17H19ClN4O3S. The van der Waals surface area contributed by atoms with Gasteiger partial charge >= 0.3 is 5.97 Å². The molecule has 1 saturated heterocycles. The van der Waals surface area contributed by atoms with Crippen molar-refractivity contribution in [1.29, 1.82) is 0 Å². The number of pyridine rings is 1. The molecule has 3 heterocycles. The predicted molar refractivity (Wildman–Crippen MR) is 101 cm³/mol. The van der Waals surface area contributed by atoms with E-state index in [1.807, 2.05) is 12.1 Å². The highest BCUT2D eigenvalue weighted by Gasteiger charge is 2.26. The summed E-state index contributed by atoms with van der Waals surface area (Å²) < 4.78 is 4.90. The Hall–Kier alpha value is -2.19. The number of ether oxygens (including phenoxy) is 1. The Morgan fingerprint density at radius 1 is 1.38 bits per heavy atom. The monoisotopic (exact) mass is 394 g/mol. The molecular weight excluding hydrogens is 376 g/mol. The zero-order chi connectivity index (χ0) is 18.5. The molecule has 138 valence electrons. The van der Waals surface area contributed by atoms with Gasteiger partial charge in [0.05, 0.1) is 11.6 Å². The third-order valence-electron chi connectivity index (χ3n) is 4.12. The highest BCUT2D eigenvalue weighted by atomic mass is 35.5. The molecule has 2 aromatic heterocycles. The highest BCUT2D eigenvalue weighted by molar-refractivity contribution is 7.14. The molecule has 1 fully saturated rings. The number of rotatable bonds is 5. The molecule has 0 radical (unpaired) electrons. The summed E-state index contributed by atoms with van der Waals surface area (Å²) in [5.74, 6) is 0.229. The number of nitrogens with one attached hydrogen (secondary N) is 1. The van der Waals surface area contributed by atoms with Crippen molar-refractivity contribution in [3.05, 3.63) is 34.4 Å². The van der Waals surface area contributed by atoms with Crippen molar-refractivity contribution >= 4 is 45.8 Å². The first-order chi connectivity index (χ1) is 12.6. The second kappa shape index (κ2) is 8.46. The molecule has 26 heavy (non-hydrogen) atoms. The molecule has 1 N–H and O–H groups in total. The van der Waals surface area contributed by atoms with Gasteiger partial charge in [-0.1, -0.05) is 11.6 Å². The van der Waals surface area contributed by atoms with E-state index in [4.69, 9.17) is 16.3 Å². The van der Waals surface area contributed by atoms with E-state index in [1.54, 1.807) is 18.5 Å². The summed E-state index contributed by atoms with van der Waals surface area (Å²) in [5, 5.41) is 5.41. The topological polar surface area (TPSA) is 84.4 Å². The van der Waals surface area contributed by atoms with E-state index in [9.17, 15) is 9.59 Å². The molecule has 0 atom stereocenters. The first-order valence-electron chi connectivity index (χ1n) is 8.37. The smallest absolute Gasteiger partial charge is 0.357 e. The van der Waals surface area contributed by atoms with Gasteiger partial charge in [-0.2, -0.15) is 0 Å². The minimum absolute atomic E-state index is 0.0709. The van der Waals surface area contributed by atoms with Crippen LogP contribution in [-0.2, 0) is 9.53 Å². The van der Waals surface area contributed by atoms with Crippen LogP contribution in [0.4, 0.5) is 10.9 Å². The molecule has 1 amide bonds. The van der Waals surface area contributed by atoms with Gasteiger partial charge in [-0.25, -0.2) is 14.8 Å². The van der Waals surface area contributed by atoms with Crippen LogP contribution in [0.15, 0.2) is 23.7 Å². The summed E-state index contributed by atoms with van der Waals surface area (Å²) >= 11 is 7.08. The SMILES string of the molecule is CCOC(=O)c1csc(NC(=O)C2CCN(c3ccc(Cl)cn3)CC2)n1. The zero-order valence-corrected chi connectivity index (χ0v) is 15.8. The van der Waals surface area contributed by atoms with Gasteiger partial charge in [-0.15, -0.1) is 11.3 Å². The summed E-state index contributed by atoms with van der Waals surface area (Å²) in [4.78, 5) is 34.6. The summed E-state index contributed by atoms with van der Waals surface area (Å²) in [6.07, 6.45) is 3.08. The first-order valence-corrected chi connectivity index (χ1v) is 9.62. The van der Waals surface area contributed by atoms with E-state index in [2.05, 4.69) is 20.2 Å². The van der Waals surface area contributed by atoms with E-state index in [0.717, 1.165) is 31.7 Å². The second-order valence-electron chi connectivity index (χ2n) is 5.84. The lowest BCUT2D eigenvalue weighted by Gasteiger charge is -2.31. The average Bonchev–Trinajstić information content (AvgIpc) is 3.11. The number of anilines is 2. The Balaban J connectivity index is 1.52. The van der Waals surface area contributed by atoms with Crippen molar-refractivity contribution in [1.82, 2.24) is 9.97 Å². The fourth-order valence-electron chi connectivity index (χ4n) is 2.76. The van der Waals surface area contributed by atoms with Crippen LogP contribution in [0, 0.1) is 5.92 Å². The predicted octanol–water partition coefficient (Wildman–Crippen LogP) is 3.22. The highest BCUT2D eigenvalue weighted by Crippen LogP contribution is 2.24. The fraction of sp³-hybridized carbons (Fsp3) is 0.412. The lowest BCUT2D eigenvalue weighted by atomic mass is 9.96. The molecule has 0 saturated carbocycles. The maximum atomic E-state index is 12.4. The van der Waals surface area contributed by atoms with Gasteiger partial charge in [0, 0.05) is 30.6 Å². The van der Waals surface area contributed by atoms with Gasteiger partial charge in [-0.3, -0.25) is 4.79 Å². The molecule has 3 rings (SSSR count). The van der Waals surface area contributed by atoms with Crippen LogP contribution in [0.25, 0.3) is 0 Å². The summed E-state index contributed by atoms with van der Waals surface area (Å²) in [7, 11) is 0. The van der Waals surface area contributed by atoms with Gasteiger partial charge in [0.25, 0.3) is 0 Å². The Kier molecular flexibility index (Phi) is 6.05. The summed E-state index contributed by atoms with van der Waals surface area (Å²) in [6, 6.07) is 3.70. The number of carbonyl (C=O) groups is 2. The van der Waals surface area contributed by atoms with E-state index in [0.29, 0.717) is 16.8 Å². The maximum absolute atomic E-state index is 12.4. The zero-order valence-electron chi connectivity index (χ0n) is 14.3. The van der Waals surface area contributed by atoms with Crippen LogP contribution < -0.4 is 10.2 Å². The van der Waals surface area contributed by atoms with Crippen molar-refractivity contribution < 1.29 is 14.3 Å². The Morgan fingerprint density at radius 2 is 2.15 bits per heavy atom. The van der Waals surface area contributed by atoms with Gasteiger partial charge < -0.3 is 15.0 Å². The van der Waals surface area contributed by atoms with Gasteiger partial charge in [0.15, 0.2) is 10.8 Å². The number of hydrogen-bond acceptors (Lipinski definition) is 7. The van der Waals surface area contributed by atoms with E-state index in [-0.39, 0.29) is 17.5 Å². The minimum atomic E-state index is -0.479. The number of thiazole rings is 1. The average molecular weight is 395 g/mol. The number of amides is 1. The molecule has 9 heteroatoms. The number of hydrogen-bond donors (Lipinski definition) is 1. The van der Waals surface area contributed by atoms with Crippen LogP contribution in [0.5, 0.6) is 0 Å². The van der Waals surface area contributed by atoms with Crippen LogP contribution in [0.3, 0.4) is 0 Å². The Bertz CT molecular complexity index is 773. The Labute approximate surface area is 160 Å². The van der Waals surface area contributed by atoms with Crippen molar-refractivity contribution in [2.75, 3.05) is 29.9 Å². The molecule has 2 aromatic rings. The summed E-state index contributed by atoms with van der Waals surface area (Å²) in [5.41, 5.74) is 0.218. The standard InChI is InChI=1S/C17H19ClN4O3S/c1-2-25-16(24)13-10-26-17(20-13)21-15(23)11-5-7-22(8-6-11)14-4-3-12(18)9-19-14/h3-4,9-11H,2,5-8H2,1H3,(H,20,21,23). The van der Waals surface area contributed by atoms with E-state index >= 15 is 0 Å². The quantitative estimate of drug-likeness (QED) is 0.784. The third-order valence-corrected chi connectivity index (χ3v) is 5.10. The number of nitrogens with zero attached hydrogens (tertiary/aromatic N) is 3. The van der Waals surface area contributed by atoms with Crippen molar-refractivity contribution in [3.8, 4) is 0 Å². The van der Waals surface area contributed by atoms with Crippen LogP contribution in [0.1, 0.15) is 30.3 Å². The van der Waals surface area contributed by atoms with Gasteiger partial charge in [0.2, 0.25) is 5.91 Å². The van der Waals surface area contributed by atoms with Crippen LogP contribution >= 0.6 is 22.9 Å². The van der Waals surface area contributed by atoms with Crippen molar-refractivity contribution in [2.24, 2.45) is 5.92 Å². The van der Waals surface area contributed by atoms with Gasteiger partial charge in [-0.05, 0) is 31.9 Å². The second-order valence-corrected chi connectivity index (χ2v) is 7.14. The lowest BCUT2D eigenvalue weighted by Crippen LogP contribution is -2.38. The molecule has 0 aromatic carbocycles. The normalized spacial score (nSPS) is 14.9. The Morgan fingerprint density at radius 3 is 2.81 bits per heavy atom. The first kappa shape index (κ1) is 18.6. The third kappa shape index (κ3) is 4.50. The molecule has 0 bridgehead atoms. The van der Waals surface area contributed by atoms with E-state index < -0.39 is 5.97 Å². The van der Waals surface area contributed by atoms with Crippen molar-refractivity contribution in [2.45, 2.75) is 19.8 Å². The summed E-state index contributed by atoms with van der Waals surface area (Å²) in [6.45, 7) is 3.52. The fourth-order valence-corrected chi connectivity index (χ4v) is 3.56. The number of halogens is 1. The maximum Gasteiger partial charge on any atom is 0.357 e. The number of piperidine rings is 1. The lowest BCUT2D eigenvalue weighted by molar-refractivity contribution is -0.120. The largest absolute Gasteiger partial charge is 0.461 e. The molecule has 1 aliphatic rings. The molecule has 0 spiro atoms. The number of aromatic nitrogens is 2. The van der Waals surface area contributed by atoms with E-state index in [1.165, 1.54) is 11.3 Å². The number of esters is 1. The molecule has 0 aliphatic carbocycles.